The Morgan fingerprint density at radius 1 is 1.03 bits per heavy atom. The van der Waals surface area contributed by atoms with Gasteiger partial charge in [0.15, 0.2) is 0 Å². The van der Waals surface area contributed by atoms with Gasteiger partial charge in [0, 0.05) is 56.1 Å². The lowest BCUT2D eigenvalue weighted by Gasteiger charge is -2.43. The number of carbonyl (C=O) groups is 1. The molecule has 2 aliphatic heterocycles. The molecule has 176 valence electrons. The summed E-state index contributed by atoms with van der Waals surface area (Å²) in [5.41, 5.74) is 0.518. The first-order chi connectivity index (χ1) is 16.6. The Kier molecular flexibility index (Phi) is 6.38. The second kappa shape index (κ2) is 9.75. The second-order valence-electron chi connectivity index (χ2n) is 9.38. The van der Waals surface area contributed by atoms with Crippen LogP contribution in [-0.2, 0) is 4.79 Å². The minimum Gasteiger partial charge on any atom is -0.437 e. The SMILES string of the molecule is CC1(C(=O)N2CCC[C@@H](c3cncc(Oc4ccccc4)n3)C2)CCN(c2ncccn2)CC1. The van der Waals surface area contributed by atoms with Gasteiger partial charge < -0.3 is 14.5 Å². The van der Waals surface area contributed by atoms with E-state index in [1.54, 1.807) is 24.8 Å². The van der Waals surface area contributed by atoms with Gasteiger partial charge in [-0.15, -0.1) is 0 Å². The molecule has 2 aromatic heterocycles. The van der Waals surface area contributed by atoms with Crippen LogP contribution in [-0.4, -0.2) is 56.9 Å². The second-order valence-corrected chi connectivity index (χ2v) is 9.38. The van der Waals surface area contributed by atoms with Gasteiger partial charge in [-0.2, -0.15) is 0 Å². The highest BCUT2D eigenvalue weighted by Crippen LogP contribution is 2.36. The summed E-state index contributed by atoms with van der Waals surface area (Å²) >= 11 is 0. The fourth-order valence-electron chi connectivity index (χ4n) is 4.87. The highest BCUT2D eigenvalue weighted by molar-refractivity contribution is 5.83. The summed E-state index contributed by atoms with van der Waals surface area (Å²) < 4.78 is 5.87. The summed E-state index contributed by atoms with van der Waals surface area (Å²) in [7, 11) is 0. The maximum absolute atomic E-state index is 13.6. The van der Waals surface area contributed by atoms with E-state index < -0.39 is 0 Å². The number of benzene rings is 1. The molecule has 4 heterocycles. The molecule has 1 aromatic carbocycles. The van der Waals surface area contributed by atoms with Gasteiger partial charge in [-0.3, -0.25) is 9.78 Å². The normalized spacial score (nSPS) is 20.1. The Morgan fingerprint density at radius 3 is 2.56 bits per heavy atom. The highest BCUT2D eigenvalue weighted by Gasteiger charge is 2.41. The summed E-state index contributed by atoms with van der Waals surface area (Å²) in [4.78, 5) is 35.6. The fourth-order valence-corrected chi connectivity index (χ4v) is 4.87. The molecular formula is C26H30N6O2. The number of nitrogens with zero attached hydrogens (tertiary/aromatic N) is 6. The van der Waals surface area contributed by atoms with Crippen molar-refractivity contribution in [3.05, 3.63) is 66.9 Å². The predicted molar refractivity (Wildman–Crippen MR) is 129 cm³/mol. The van der Waals surface area contributed by atoms with Crippen LogP contribution in [0.1, 0.15) is 44.2 Å². The standard InChI is InChI=1S/C26H30N6O2/c1-26(10-15-31(16-11-26)25-28-12-6-13-29-25)24(33)32-14-5-7-20(19-32)22-17-27-18-23(30-22)34-21-8-3-2-4-9-21/h2-4,6,8-9,12-13,17-18,20H,5,7,10-11,14-16,19H2,1H3/t20-/m1/s1. The van der Waals surface area contributed by atoms with E-state index in [0.29, 0.717) is 12.4 Å². The Bertz CT molecular complexity index is 1100. The first-order valence-corrected chi connectivity index (χ1v) is 12.0. The molecule has 0 bridgehead atoms. The minimum atomic E-state index is -0.364. The van der Waals surface area contributed by atoms with Crippen LogP contribution in [0.3, 0.4) is 0 Å². The van der Waals surface area contributed by atoms with Crippen LogP contribution in [0, 0.1) is 5.41 Å². The van der Waals surface area contributed by atoms with E-state index in [1.807, 2.05) is 41.3 Å². The molecule has 0 spiro atoms. The minimum absolute atomic E-state index is 0.158. The largest absolute Gasteiger partial charge is 0.437 e. The van der Waals surface area contributed by atoms with Gasteiger partial charge in [-0.05, 0) is 43.9 Å². The summed E-state index contributed by atoms with van der Waals surface area (Å²) in [5.74, 6) is 2.36. The number of hydrogen-bond donors (Lipinski definition) is 0. The Morgan fingerprint density at radius 2 is 1.79 bits per heavy atom. The van der Waals surface area contributed by atoms with E-state index >= 15 is 0 Å². The van der Waals surface area contributed by atoms with Crippen LogP contribution in [0.25, 0.3) is 0 Å². The zero-order valence-corrected chi connectivity index (χ0v) is 19.5. The molecule has 1 atom stereocenters. The Hall–Kier alpha value is -3.55. The average molecular weight is 459 g/mol. The third-order valence-corrected chi connectivity index (χ3v) is 6.94. The van der Waals surface area contributed by atoms with Gasteiger partial charge in [-0.25, -0.2) is 15.0 Å². The average Bonchev–Trinajstić information content (AvgIpc) is 2.90. The molecule has 8 nitrogen and oxygen atoms in total. The monoisotopic (exact) mass is 458 g/mol. The first kappa shape index (κ1) is 22.3. The molecule has 0 radical (unpaired) electrons. The van der Waals surface area contributed by atoms with Crippen molar-refractivity contribution in [3.63, 3.8) is 0 Å². The van der Waals surface area contributed by atoms with Crippen molar-refractivity contribution in [2.24, 2.45) is 5.41 Å². The van der Waals surface area contributed by atoms with Crippen molar-refractivity contribution < 1.29 is 9.53 Å². The van der Waals surface area contributed by atoms with E-state index in [9.17, 15) is 4.79 Å². The summed E-state index contributed by atoms with van der Waals surface area (Å²) in [6.45, 7) is 5.14. The molecule has 1 amide bonds. The van der Waals surface area contributed by atoms with E-state index in [1.165, 1.54) is 0 Å². The number of rotatable bonds is 5. The molecule has 0 N–H and O–H groups in total. The number of anilines is 1. The van der Waals surface area contributed by atoms with Gasteiger partial charge in [0.25, 0.3) is 0 Å². The quantitative estimate of drug-likeness (QED) is 0.570. The smallest absolute Gasteiger partial charge is 0.238 e. The topological polar surface area (TPSA) is 84.3 Å². The maximum atomic E-state index is 13.6. The van der Waals surface area contributed by atoms with E-state index in [-0.39, 0.29) is 17.2 Å². The van der Waals surface area contributed by atoms with E-state index in [2.05, 4.69) is 26.8 Å². The molecular weight excluding hydrogens is 428 g/mol. The number of para-hydroxylation sites is 1. The summed E-state index contributed by atoms with van der Waals surface area (Å²) in [5, 5.41) is 0. The van der Waals surface area contributed by atoms with Gasteiger partial charge in [0.1, 0.15) is 5.75 Å². The lowest BCUT2D eigenvalue weighted by atomic mass is 9.78. The molecule has 34 heavy (non-hydrogen) atoms. The van der Waals surface area contributed by atoms with E-state index in [0.717, 1.165) is 62.7 Å². The molecule has 0 aliphatic carbocycles. The first-order valence-electron chi connectivity index (χ1n) is 12.0. The van der Waals surface area contributed by atoms with Crippen molar-refractivity contribution in [2.75, 3.05) is 31.1 Å². The fraction of sp³-hybridized carbons (Fsp3) is 0.423. The Balaban J connectivity index is 1.23. The third kappa shape index (κ3) is 4.85. The zero-order chi connectivity index (χ0) is 23.4. The van der Waals surface area contributed by atoms with Crippen LogP contribution in [0.2, 0.25) is 0 Å². The lowest BCUT2D eigenvalue weighted by molar-refractivity contribution is -0.143. The molecule has 5 rings (SSSR count). The number of aromatic nitrogens is 4. The molecule has 2 fully saturated rings. The number of likely N-dealkylation sites (tertiary alicyclic amines) is 1. The summed E-state index contributed by atoms with van der Waals surface area (Å²) in [6, 6.07) is 11.4. The molecule has 0 saturated carbocycles. The van der Waals surface area contributed by atoms with Crippen LogP contribution >= 0.6 is 0 Å². The Labute approximate surface area is 200 Å². The molecule has 0 unspecified atom stereocenters. The van der Waals surface area contributed by atoms with Crippen LogP contribution in [0.5, 0.6) is 11.6 Å². The molecule has 8 heteroatoms. The lowest BCUT2D eigenvalue weighted by Crippen LogP contribution is -2.51. The number of ether oxygens (including phenoxy) is 1. The zero-order valence-electron chi connectivity index (χ0n) is 19.5. The number of hydrogen-bond acceptors (Lipinski definition) is 7. The highest BCUT2D eigenvalue weighted by atomic mass is 16.5. The van der Waals surface area contributed by atoms with Gasteiger partial charge in [-0.1, -0.05) is 25.1 Å². The van der Waals surface area contributed by atoms with Crippen molar-refractivity contribution in [3.8, 4) is 11.6 Å². The van der Waals surface area contributed by atoms with E-state index in [4.69, 9.17) is 9.72 Å². The maximum Gasteiger partial charge on any atom is 0.238 e. The van der Waals surface area contributed by atoms with Gasteiger partial charge in [0.2, 0.25) is 17.7 Å². The molecule has 3 aromatic rings. The van der Waals surface area contributed by atoms with Crippen molar-refractivity contribution >= 4 is 11.9 Å². The summed E-state index contributed by atoms with van der Waals surface area (Å²) in [6.07, 6.45) is 10.5. The third-order valence-electron chi connectivity index (χ3n) is 6.94. The van der Waals surface area contributed by atoms with Crippen molar-refractivity contribution in [2.45, 2.75) is 38.5 Å². The van der Waals surface area contributed by atoms with Crippen molar-refractivity contribution in [1.82, 2.24) is 24.8 Å². The number of piperidine rings is 2. The van der Waals surface area contributed by atoms with Crippen molar-refractivity contribution in [1.29, 1.82) is 0 Å². The van der Waals surface area contributed by atoms with Crippen LogP contribution in [0.4, 0.5) is 5.95 Å². The van der Waals surface area contributed by atoms with Crippen LogP contribution < -0.4 is 9.64 Å². The van der Waals surface area contributed by atoms with Crippen LogP contribution in [0.15, 0.2) is 61.2 Å². The van der Waals surface area contributed by atoms with Gasteiger partial charge >= 0.3 is 0 Å². The predicted octanol–water partition coefficient (Wildman–Crippen LogP) is 4.07. The number of amides is 1. The molecule has 2 saturated heterocycles. The number of carbonyl (C=O) groups excluding carboxylic acids is 1. The molecule has 2 aliphatic rings. The van der Waals surface area contributed by atoms with Gasteiger partial charge in [0.05, 0.1) is 11.9 Å².